The molecule has 0 spiro atoms. The maximum Gasteiger partial charge on any atom is 0.277 e. The van der Waals surface area contributed by atoms with Crippen molar-refractivity contribution < 1.29 is 9.21 Å². The van der Waals surface area contributed by atoms with Crippen LogP contribution in [0.15, 0.2) is 33.9 Å². The monoisotopic (exact) mass is 380 g/mol. The average molecular weight is 381 g/mol. The van der Waals surface area contributed by atoms with E-state index >= 15 is 0 Å². The van der Waals surface area contributed by atoms with Crippen LogP contribution in [-0.2, 0) is 4.79 Å². The van der Waals surface area contributed by atoms with Crippen molar-refractivity contribution in [3.05, 3.63) is 39.9 Å². The van der Waals surface area contributed by atoms with Gasteiger partial charge in [0.05, 0.1) is 11.4 Å². The Hall–Kier alpha value is -1.90. The van der Waals surface area contributed by atoms with E-state index in [0.717, 1.165) is 16.1 Å². The molecule has 1 N–H and O–H groups in total. The molecule has 1 aromatic carbocycles. The normalized spacial score (nSPS) is 10.8. The molecule has 0 unspecified atom stereocenters. The summed E-state index contributed by atoms with van der Waals surface area (Å²) in [5.41, 5.74) is 1.70. The molecule has 2 aromatic heterocycles. The lowest BCUT2D eigenvalue weighted by molar-refractivity contribution is -0.113. The average Bonchev–Trinajstić information content (AvgIpc) is 3.13. The first-order valence-electron chi connectivity index (χ1n) is 6.97. The van der Waals surface area contributed by atoms with Crippen molar-refractivity contribution in [2.45, 2.75) is 19.1 Å². The highest BCUT2D eigenvalue weighted by molar-refractivity contribution is 7.99. The van der Waals surface area contributed by atoms with Crippen LogP contribution in [0.2, 0.25) is 5.02 Å². The van der Waals surface area contributed by atoms with Gasteiger partial charge in [0.1, 0.15) is 0 Å². The van der Waals surface area contributed by atoms with E-state index in [1.54, 1.807) is 24.3 Å². The number of thioether (sulfide) groups is 1. The SMILES string of the molecule is Cc1nc(NC(=O)CSc2nnc(-c3ccc(Cl)cc3)o2)sc1C. The Labute approximate surface area is 151 Å². The van der Waals surface area contributed by atoms with Crippen LogP contribution in [0.25, 0.3) is 11.5 Å². The van der Waals surface area contributed by atoms with Crippen molar-refractivity contribution in [3.8, 4) is 11.5 Å². The number of aryl methyl sites for hydroxylation is 2. The molecule has 0 aliphatic heterocycles. The Morgan fingerprint density at radius 3 is 2.71 bits per heavy atom. The van der Waals surface area contributed by atoms with Crippen LogP contribution in [0, 0.1) is 13.8 Å². The molecular weight excluding hydrogens is 368 g/mol. The number of thiazole rings is 1. The lowest BCUT2D eigenvalue weighted by atomic mass is 10.2. The van der Waals surface area contributed by atoms with Crippen LogP contribution in [0.5, 0.6) is 0 Å². The summed E-state index contributed by atoms with van der Waals surface area (Å²) in [6.45, 7) is 3.88. The minimum atomic E-state index is -0.167. The van der Waals surface area contributed by atoms with Gasteiger partial charge in [-0.2, -0.15) is 0 Å². The fourth-order valence-electron chi connectivity index (χ4n) is 1.79. The summed E-state index contributed by atoms with van der Waals surface area (Å²) in [5.74, 6) is 0.390. The first-order chi connectivity index (χ1) is 11.5. The molecule has 0 bridgehead atoms. The minimum absolute atomic E-state index is 0.167. The lowest BCUT2D eigenvalue weighted by Crippen LogP contribution is -2.13. The Bertz CT molecular complexity index is 841. The van der Waals surface area contributed by atoms with E-state index in [1.807, 2.05) is 13.8 Å². The number of rotatable bonds is 5. The molecule has 0 saturated heterocycles. The number of carbonyl (C=O) groups excluding carboxylic acids is 1. The summed E-state index contributed by atoms with van der Waals surface area (Å²) in [7, 11) is 0. The van der Waals surface area contributed by atoms with E-state index in [-0.39, 0.29) is 11.7 Å². The van der Waals surface area contributed by atoms with Gasteiger partial charge in [-0.3, -0.25) is 4.79 Å². The topological polar surface area (TPSA) is 80.9 Å². The molecular formula is C15H13ClN4O2S2. The maximum absolute atomic E-state index is 12.0. The summed E-state index contributed by atoms with van der Waals surface area (Å²) in [6.07, 6.45) is 0. The van der Waals surface area contributed by atoms with E-state index in [4.69, 9.17) is 16.0 Å². The number of nitrogens with zero attached hydrogens (tertiary/aromatic N) is 3. The zero-order chi connectivity index (χ0) is 17.1. The van der Waals surface area contributed by atoms with Crippen molar-refractivity contribution in [3.63, 3.8) is 0 Å². The highest BCUT2D eigenvalue weighted by Crippen LogP contribution is 2.25. The summed E-state index contributed by atoms with van der Waals surface area (Å²) >= 11 is 8.48. The van der Waals surface area contributed by atoms with E-state index in [0.29, 0.717) is 21.3 Å². The standard InChI is InChI=1S/C15H13ClN4O2S2/c1-8-9(2)24-14(17-8)18-12(21)7-23-15-20-19-13(22-15)10-3-5-11(16)6-4-10/h3-6H,7H2,1-2H3,(H,17,18,21). The van der Waals surface area contributed by atoms with Gasteiger partial charge in [-0.25, -0.2) is 4.98 Å². The second-order valence-corrected chi connectivity index (χ2v) is 7.44. The van der Waals surface area contributed by atoms with Gasteiger partial charge < -0.3 is 9.73 Å². The van der Waals surface area contributed by atoms with Crippen molar-refractivity contribution in [2.75, 3.05) is 11.1 Å². The van der Waals surface area contributed by atoms with Gasteiger partial charge in [-0.05, 0) is 38.1 Å². The molecule has 0 atom stereocenters. The molecule has 0 radical (unpaired) electrons. The summed E-state index contributed by atoms with van der Waals surface area (Å²) in [6, 6.07) is 7.09. The smallest absolute Gasteiger partial charge is 0.277 e. The molecule has 2 heterocycles. The quantitative estimate of drug-likeness (QED) is 0.668. The third-order valence-electron chi connectivity index (χ3n) is 3.10. The highest BCUT2D eigenvalue weighted by Gasteiger charge is 2.13. The molecule has 3 aromatic rings. The van der Waals surface area contributed by atoms with Crippen molar-refractivity contribution >= 4 is 45.7 Å². The van der Waals surface area contributed by atoms with Gasteiger partial charge in [0.2, 0.25) is 11.8 Å². The number of aromatic nitrogens is 3. The number of amides is 1. The van der Waals surface area contributed by atoms with E-state index in [1.165, 1.54) is 23.1 Å². The Kier molecular flexibility index (Phi) is 5.17. The molecule has 9 heteroatoms. The number of carbonyl (C=O) groups is 1. The van der Waals surface area contributed by atoms with Crippen LogP contribution in [0.1, 0.15) is 10.6 Å². The van der Waals surface area contributed by atoms with Gasteiger partial charge in [0.15, 0.2) is 5.13 Å². The van der Waals surface area contributed by atoms with Gasteiger partial charge in [0.25, 0.3) is 5.22 Å². The summed E-state index contributed by atoms with van der Waals surface area (Å²) in [5, 5.41) is 12.2. The molecule has 0 aliphatic carbocycles. The molecule has 124 valence electrons. The summed E-state index contributed by atoms with van der Waals surface area (Å²) in [4.78, 5) is 17.3. The van der Waals surface area contributed by atoms with Crippen LogP contribution in [0.4, 0.5) is 5.13 Å². The third-order valence-corrected chi connectivity index (χ3v) is 5.16. The first kappa shape index (κ1) is 16.9. The third kappa shape index (κ3) is 4.14. The number of halogens is 1. The fourth-order valence-corrected chi connectivity index (χ4v) is 3.31. The van der Waals surface area contributed by atoms with Gasteiger partial charge >= 0.3 is 0 Å². The van der Waals surface area contributed by atoms with Gasteiger partial charge in [0, 0.05) is 15.5 Å². The Morgan fingerprint density at radius 2 is 2.04 bits per heavy atom. The van der Waals surface area contributed by atoms with Gasteiger partial charge in [-0.1, -0.05) is 23.4 Å². The second-order valence-electron chi connectivity index (χ2n) is 4.88. The second kappa shape index (κ2) is 7.33. The maximum atomic E-state index is 12.0. The largest absolute Gasteiger partial charge is 0.411 e. The van der Waals surface area contributed by atoms with Crippen molar-refractivity contribution in [1.29, 1.82) is 0 Å². The molecule has 3 rings (SSSR count). The van der Waals surface area contributed by atoms with Gasteiger partial charge in [-0.15, -0.1) is 21.5 Å². The predicted octanol–water partition coefficient (Wildman–Crippen LogP) is 4.19. The molecule has 0 aliphatic rings. The van der Waals surface area contributed by atoms with Crippen LogP contribution in [-0.4, -0.2) is 26.8 Å². The molecule has 0 fully saturated rings. The molecule has 1 amide bonds. The van der Waals surface area contributed by atoms with Crippen molar-refractivity contribution in [2.24, 2.45) is 0 Å². The van der Waals surface area contributed by atoms with Crippen LogP contribution in [0.3, 0.4) is 0 Å². The molecule has 6 nitrogen and oxygen atoms in total. The zero-order valence-corrected chi connectivity index (χ0v) is 15.3. The highest BCUT2D eigenvalue weighted by atomic mass is 35.5. The van der Waals surface area contributed by atoms with E-state index in [2.05, 4.69) is 20.5 Å². The first-order valence-corrected chi connectivity index (χ1v) is 9.15. The number of hydrogen-bond acceptors (Lipinski definition) is 7. The number of hydrogen-bond donors (Lipinski definition) is 1. The Balaban J connectivity index is 1.57. The number of nitrogens with one attached hydrogen (secondary N) is 1. The van der Waals surface area contributed by atoms with Crippen LogP contribution < -0.4 is 5.32 Å². The Morgan fingerprint density at radius 1 is 1.29 bits per heavy atom. The zero-order valence-electron chi connectivity index (χ0n) is 12.9. The lowest BCUT2D eigenvalue weighted by Gasteiger charge is -1.98. The molecule has 0 saturated carbocycles. The fraction of sp³-hybridized carbons (Fsp3) is 0.200. The predicted molar refractivity (Wildman–Crippen MR) is 95.7 cm³/mol. The van der Waals surface area contributed by atoms with Crippen molar-refractivity contribution in [1.82, 2.24) is 15.2 Å². The van der Waals surface area contributed by atoms with E-state index < -0.39 is 0 Å². The summed E-state index contributed by atoms with van der Waals surface area (Å²) < 4.78 is 5.54. The minimum Gasteiger partial charge on any atom is -0.411 e. The molecule has 24 heavy (non-hydrogen) atoms. The number of benzene rings is 1. The van der Waals surface area contributed by atoms with E-state index in [9.17, 15) is 4.79 Å². The number of anilines is 1. The van der Waals surface area contributed by atoms with Crippen LogP contribution >= 0.6 is 34.7 Å².